The number of nitrogens with two attached hydrogens (primary N) is 1. The number of hydrogen-bond donors (Lipinski definition) is 2. The van der Waals surface area contributed by atoms with Crippen molar-refractivity contribution in [2.24, 2.45) is 5.84 Å². The SMILES string of the molecule is CS(=O)(=O)c1cccc(C(NN)c2c(F)cccc2F)c1. The van der Waals surface area contributed by atoms with Gasteiger partial charge in [-0.2, -0.15) is 0 Å². The maximum atomic E-state index is 13.9. The molecule has 3 N–H and O–H groups in total. The zero-order valence-corrected chi connectivity index (χ0v) is 12.0. The molecule has 0 heterocycles. The molecule has 0 saturated carbocycles. The van der Waals surface area contributed by atoms with E-state index in [4.69, 9.17) is 5.84 Å². The Bertz CT molecular complexity index is 743. The molecule has 0 saturated heterocycles. The van der Waals surface area contributed by atoms with Crippen molar-refractivity contribution in [1.29, 1.82) is 0 Å². The first-order valence-electron chi connectivity index (χ1n) is 6.04. The molecule has 0 aliphatic rings. The molecule has 0 aromatic heterocycles. The number of rotatable bonds is 4. The van der Waals surface area contributed by atoms with Gasteiger partial charge in [0.05, 0.1) is 10.9 Å². The van der Waals surface area contributed by atoms with Crippen LogP contribution in [0.5, 0.6) is 0 Å². The number of hydrogen-bond acceptors (Lipinski definition) is 4. The van der Waals surface area contributed by atoms with Gasteiger partial charge in [-0.25, -0.2) is 22.6 Å². The molecule has 0 radical (unpaired) electrons. The molecule has 2 aromatic carbocycles. The Labute approximate surface area is 121 Å². The molecule has 0 amide bonds. The first-order valence-corrected chi connectivity index (χ1v) is 7.94. The Morgan fingerprint density at radius 3 is 2.19 bits per heavy atom. The Morgan fingerprint density at radius 2 is 1.67 bits per heavy atom. The maximum Gasteiger partial charge on any atom is 0.175 e. The average Bonchev–Trinajstić information content (AvgIpc) is 2.42. The summed E-state index contributed by atoms with van der Waals surface area (Å²) in [5.74, 6) is 3.88. The summed E-state index contributed by atoms with van der Waals surface area (Å²) in [6.07, 6.45) is 1.06. The molecule has 0 fully saturated rings. The van der Waals surface area contributed by atoms with Crippen LogP contribution < -0.4 is 11.3 Å². The Kier molecular flexibility index (Phi) is 4.36. The average molecular weight is 312 g/mol. The second kappa shape index (κ2) is 5.88. The van der Waals surface area contributed by atoms with Crippen molar-refractivity contribution in [2.45, 2.75) is 10.9 Å². The van der Waals surface area contributed by atoms with E-state index in [9.17, 15) is 17.2 Å². The van der Waals surface area contributed by atoms with Gasteiger partial charge in [0.15, 0.2) is 9.84 Å². The van der Waals surface area contributed by atoms with Gasteiger partial charge in [0.1, 0.15) is 11.6 Å². The van der Waals surface area contributed by atoms with E-state index in [1.165, 1.54) is 24.3 Å². The molecule has 1 unspecified atom stereocenters. The van der Waals surface area contributed by atoms with Gasteiger partial charge in [-0.3, -0.25) is 5.84 Å². The van der Waals surface area contributed by atoms with E-state index in [2.05, 4.69) is 5.43 Å². The summed E-state index contributed by atoms with van der Waals surface area (Å²) in [5, 5.41) is 0. The van der Waals surface area contributed by atoms with Crippen LogP contribution in [-0.2, 0) is 9.84 Å². The fourth-order valence-corrected chi connectivity index (χ4v) is 2.73. The van der Waals surface area contributed by atoms with Crippen LogP contribution in [0.25, 0.3) is 0 Å². The number of benzene rings is 2. The summed E-state index contributed by atoms with van der Waals surface area (Å²) in [7, 11) is -3.43. The second-order valence-corrected chi connectivity index (χ2v) is 6.60. The molecule has 4 nitrogen and oxygen atoms in total. The Hall–Kier alpha value is -1.83. The highest BCUT2D eigenvalue weighted by Crippen LogP contribution is 2.27. The molecular formula is C14H14F2N2O2S. The second-order valence-electron chi connectivity index (χ2n) is 4.58. The highest BCUT2D eigenvalue weighted by molar-refractivity contribution is 7.90. The van der Waals surface area contributed by atoms with Crippen LogP contribution in [0.1, 0.15) is 17.2 Å². The minimum atomic E-state index is -3.43. The maximum absolute atomic E-state index is 13.9. The molecule has 0 bridgehead atoms. The molecule has 2 aromatic rings. The van der Waals surface area contributed by atoms with E-state index in [1.807, 2.05) is 0 Å². The van der Waals surface area contributed by atoms with Crippen molar-refractivity contribution >= 4 is 9.84 Å². The fraction of sp³-hybridized carbons (Fsp3) is 0.143. The molecule has 2 rings (SSSR count). The van der Waals surface area contributed by atoms with Gasteiger partial charge < -0.3 is 0 Å². The summed E-state index contributed by atoms with van der Waals surface area (Å²) in [4.78, 5) is 0.0528. The topological polar surface area (TPSA) is 72.2 Å². The standard InChI is InChI=1S/C14H14F2N2O2S/c1-21(19,20)10-5-2-4-9(8-10)14(18-17)13-11(15)6-3-7-12(13)16/h2-8,14,18H,17H2,1H3. The lowest BCUT2D eigenvalue weighted by molar-refractivity contribution is 0.510. The molecule has 0 spiro atoms. The third-order valence-electron chi connectivity index (χ3n) is 3.07. The number of hydrazine groups is 1. The molecule has 7 heteroatoms. The highest BCUT2D eigenvalue weighted by atomic mass is 32.2. The molecule has 1 atom stereocenters. The van der Waals surface area contributed by atoms with Gasteiger partial charge in [-0.05, 0) is 29.8 Å². The summed E-state index contributed by atoms with van der Waals surface area (Å²) >= 11 is 0. The fourth-order valence-electron chi connectivity index (χ4n) is 2.06. The quantitative estimate of drug-likeness (QED) is 0.668. The van der Waals surface area contributed by atoms with Crippen LogP contribution in [0, 0.1) is 11.6 Å². The molecule has 21 heavy (non-hydrogen) atoms. The molecule has 0 aliphatic carbocycles. The van der Waals surface area contributed by atoms with Crippen LogP contribution in [0.4, 0.5) is 8.78 Å². The first kappa shape index (κ1) is 15.6. The minimum absolute atomic E-state index is 0.0528. The molecular weight excluding hydrogens is 298 g/mol. The van der Waals surface area contributed by atoms with Crippen LogP contribution in [-0.4, -0.2) is 14.7 Å². The number of nitrogens with one attached hydrogen (secondary N) is 1. The van der Waals surface area contributed by atoms with Gasteiger partial charge >= 0.3 is 0 Å². The van der Waals surface area contributed by atoms with Gasteiger partial charge in [0, 0.05) is 11.8 Å². The number of halogens is 2. The van der Waals surface area contributed by atoms with Crippen LogP contribution in [0.15, 0.2) is 47.4 Å². The first-order chi connectivity index (χ1) is 9.84. The van der Waals surface area contributed by atoms with Gasteiger partial charge in [-0.1, -0.05) is 18.2 Å². The lowest BCUT2D eigenvalue weighted by Crippen LogP contribution is -2.30. The predicted molar refractivity (Wildman–Crippen MR) is 75.1 cm³/mol. The van der Waals surface area contributed by atoms with E-state index >= 15 is 0 Å². The van der Waals surface area contributed by atoms with E-state index in [-0.39, 0.29) is 10.5 Å². The van der Waals surface area contributed by atoms with Crippen LogP contribution in [0.3, 0.4) is 0 Å². The van der Waals surface area contributed by atoms with Crippen LogP contribution >= 0.6 is 0 Å². The van der Waals surface area contributed by atoms with Gasteiger partial charge in [0.2, 0.25) is 0 Å². The van der Waals surface area contributed by atoms with Crippen molar-refractivity contribution in [1.82, 2.24) is 5.43 Å². The zero-order chi connectivity index (χ0) is 15.6. The van der Waals surface area contributed by atoms with Crippen molar-refractivity contribution in [3.05, 3.63) is 65.2 Å². The number of sulfone groups is 1. The van der Waals surface area contributed by atoms with Crippen LogP contribution in [0.2, 0.25) is 0 Å². The molecule has 112 valence electrons. The monoisotopic (exact) mass is 312 g/mol. The smallest absolute Gasteiger partial charge is 0.175 e. The Morgan fingerprint density at radius 1 is 1.10 bits per heavy atom. The van der Waals surface area contributed by atoms with E-state index < -0.39 is 27.5 Å². The largest absolute Gasteiger partial charge is 0.271 e. The third-order valence-corrected chi connectivity index (χ3v) is 4.18. The van der Waals surface area contributed by atoms with Gasteiger partial charge in [-0.15, -0.1) is 0 Å². The minimum Gasteiger partial charge on any atom is -0.271 e. The van der Waals surface area contributed by atoms with E-state index in [0.717, 1.165) is 18.4 Å². The van der Waals surface area contributed by atoms with E-state index in [0.29, 0.717) is 5.56 Å². The summed E-state index contributed by atoms with van der Waals surface area (Å²) in [6, 6.07) is 8.27. The molecule has 0 aliphatic heterocycles. The summed E-state index contributed by atoms with van der Waals surface area (Å²) in [5.41, 5.74) is 2.41. The van der Waals surface area contributed by atoms with Crippen molar-refractivity contribution in [3.63, 3.8) is 0 Å². The van der Waals surface area contributed by atoms with Crippen molar-refractivity contribution < 1.29 is 17.2 Å². The normalized spacial score (nSPS) is 13.1. The predicted octanol–water partition coefficient (Wildman–Crippen LogP) is 1.92. The zero-order valence-electron chi connectivity index (χ0n) is 11.2. The van der Waals surface area contributed by atoms with Gasteiger partial charge in [0.25, 0.3) is 0 Å². The summed E-state index contributed by atoms with van der Waals surface area (Å²) < 4.78 is 50.8. The van der Waals surface area contributed by atoms with Crippen molar-refractivity contribution in [2.75, 3.05) is 6.26 Å². The van der Waals surface area contributed by atoms with Crippen molar-refractivity contribution in [3.8, 4) is 0 Å². The Balaban J connectivity index is 2.58. The lowest BCUT2D eigenvalue weighted by Gasteiger charge is -2.18. The summed E-state index contributed by atoms with van der Waals surface area (Å²) in [6.45, 7) is 0. The highest BCUT2D eigenvalue weighted by Gasteiger charge is 2.21. The lowest BCUT2D eigenvalue weighted by atomic mass is 9.98. The van der Waals surface area contributed by atoms with E-state index in [1.54, 1.807) is 6.07 Å². The third kappa shape index (κ3) is 3.26.